The third kappa shape index (κ3) is 12.7. The number of benzene rings is 4. The Kier molecular flexibility index (Phi) is 15.2. The predicted molar refractivity (Wildman–Crippen MR) is 226 cm³/mol. The normalized spacial score (nSPS) is 15.2. The lowest BCUT2D eigenvalue weighted by molar-refractivity contribution is -0.136. The number of nitrogens with zero attached hydrogens (tertiary/aromatic N) is 3. The zero-order valence-corrected chi connectivity index (χ0v) is 33.8. The molecule has 13 nitrogen and oxygen atoms in total. The van der Waals surface area contributed by atoms with Gasteiger partial charge in [-0.05, 0) is 39.8 Å². The molecule has 4 amide bonds. The molecule has 0 aliphatic carbocycles. The van der Waals surface area contributed by atoms with Crippen molar-refractivity contribution < 1.29 is 29.0 Å². The van der Waals surface area contributed by atoms with Gasteiger partial charge in [-0.15, -0.1) is 0 Å². The number of aromatic nitrogens is 2. The van der Waals surface area contributed by atoms with Gasteiger partial charge in [0.05, 0.1) is 30.6 Å². The van der Waals surface area contributed by atoms with Crippen molar-refractivity contribution in [3.63, 3.8) is 0 Å². The summed E-state index contributed by atoms with van der Waals surface area (Å²) in [6.07, 6.45) is 1.54. The summed E-state index contributed by atoms with van der Waals surface area (Å²) < 4.78 is 5.51. The molecule has 0 unspecified atom stereocenters. The number of H-pyrrole nitrogens is 1. The smallest absolute Gasteiger partial charge is 0.408 e. The molecule has 1 fully saturated rings. The molecule has 13 heteroatoms. The molecule has 0 spiro atoms. The molecule has 59 heavy (non-hydrogen) atoms. The van der Waals surface area contributed by atoms with Crippen molar-refractivity contribution >= 4 is 34.6 Å². The Morgan fingerprint density at radius 3 is 2.10 bits per heavy atom. The first-order chi connectivity index (χ1) is 28.6. The van der Waals surface area contributed by atoms with Gasteiger partial charge in [0.2, 0.25) is 17.7 Å². The molecular formula is C46H55N7O6. The third-order valence-electron chi connectivity index (χ3n) is 10.6. The van der Waals surface area contributed by atoms with Crippen LogP contribution in [0.4, 0.5) is 4.79 Å². The topological polar surface area (TPSA) is 169 Å². The summed E-state index contributed by atoms with van der Waals surface area (Å²) in [6.45, 7) is 7.30. The van der Waals surface area contributed by atoms with E-state index in [9.17, 15) is 24.3 Å². The first kappa shape index (κ1) is 42.6. The van der Waals surface area contributed by atoms with Gasteiger partial charge in [-0.3, -0.25) is 19.3 Å². The van der Waals surface area contributed by atoms with Crippen LogP contribution in [0.25, 0.3) is 10.8 Å². The minimum atomic E-state index is -1.17. The molecule has 1 aliphatic rings. The fourth-order valence-corrected chi connectivity index (χ4v) is 7.45. The summed E-state index contributed by atoms with van der Waals surface area (Å²) in [5.41, 5.74) is 3.35. The summed E-state index contributed by atoms with van der Waals surface area (Å²) in [5, 5.41) is 22.0. The average Bonchev–Trinajstić information content (AvgIpc) is 3.76. The zero-order chi connectivity index (χ0) is 41.6. The molecule has 4 atom stereocenters. The molecule has 5 aromatic rings. The molecular weight excluding hydrogens is 747 g/mol. The molecule has 1 aliphatic heterocycles. The van der Waals surface area contributed by atoms with E-state index < -0.39 is 42.1 Å². The Hall–Kier alpha value is -6.05. The quantitative estimate of drug-likeness (QED) is 0.0846. The minimum Gasteiger partial charge on any atom is -0.445 e. The van der Waals surface area contributed by atoms with Gasteiger partial charge in [0.1, 0.15) is 18.7 Å². The maximum Gasteiger partial charge on any atom is 0.408 e. The molecule has 5 N–H and O–H groups in total. The van der Waals surface area contributed by atoms with E-state index in [1.54, 1.807) is 11.1 Å². The van der Waals surface area contributed by atoms with Gasteiger partial charge in [0.15, 0.2) is 0 Å². The van der Waals surface area contributed by atoms with Crippen LogP contribution in [0.15, 0.2) is 116 Å². The number of piperazine rings is 1. The number of amides is 4. The van der Waals surface area contributed by atoms with Crippen molar-refractivity contribution in [1.29, 1.82) is 0 Å². The Balaban J connectivity index is 1.14. The summed E-state index contributed by atoms with van der Waals surface area (Å²) in [6, 6.07) is 29.9. The second-order valence-electron chi connectivity index (χ2n) is 15.6. The fourth-order valence-electron chi connectivity index (χ4n) is 7.45. The summed E-state index contributed by atoms with van der Waals surface area (Å²) in [5.74, 6) is -1.26. The second-order valence-corrected chi connectivity index (χ2v) is 15.6. The number of hydrogen-bond acceptors (Lipinski definition) is 8. The van der Waals surface area contributed by atoms with Gasteiger partial charge >= 0.3 is 6.09 Å². The highest BCUT2D eigenvalue weighted by Gasteiger charge is 2.33. The van der Waals surface area contributed by atoms with Crippen LogP contribution in [0.5, 0.6) is 0 Å². The Labute approximate surface area is 345 Å². The van der Waals surface area contributed by atoms with Crippen molar-refractivity contribution in [2.75, 3.05) is 26.2 Å². The molecule has 4 aromatic carbocycles. The van der Waals surface area contributed by atoms with E-state index in [-0.39, 0.29) is 37.7 Å². The van der Waals surface area contributed by atoms with Crippen LogP contribution in [0.3, 0.4) is 0 Å². The lowest BCUT2D eigenvalue weighted by atomic mass is 9.96. The highest BCUT2D eigenvalue weighted by Crippen LogP contribution is 2.21. The third-order valence-corrected chi connectivity index (χ3v) is 10.6. The molecule has 6 rings (SSSR count). The highest BCUT2D eigenvalue weighted by atomic mass is 16.5. The molecule has 0 saturated carbocycles. The van der Waals surface area contributed by atoms with Crippen LogP contribution in [-0.2, 0) is 45.1 Å². The molecule has 2 heterocycles. The second kappa shape index (κ2) is 21.1. The van der Waals surface area contributed by atoms with Crippen LogP contribution in [0.1, 0.15) is 49.1 Å². The average molecular weight is 802 g/mol. The van der Waals surface area contributed by atoms with E-state index in [4.69, 9.17) is 4.74 Å². The number of carbonyl (C=O) groups is 4. The van der Waals surface area contributed by atoms with Crippen molar-refractivity contribution in [2.45, 2.75) is 76.9 Å². The van der Waals surface area contributed by atoms with E-state index in [2.05, 4.69) is 43.0 Å². The fraction of sp³-hybridized carbons (Fsp3) is 0.370. The van der Waals surface area contributed by atoms with Crippen LogP contribution in [0, 0.1) is 5.92 Å². The number of imidazole rings is 1. The summed E-state index contributed by atoms with van der Waals surface area (Å²) in [4.78, 5) is 66.5. The largest absolute Gasteiger partial charge is 0.445 e. The molecule has 310 valence electrons. The maximum atomic E-state index is 14.3. The molecule has 0 bridgehead atoms. The lowest BCUT2D eigenvalue weighted by Gasteiger charge is -2.36. The van der Waals surface area contributed by atoms with Gasteiger partial charge in [0.25, 0.3) is 0 Å². The SMILES string of the molecule is CC(C)C[C@H](NC(=O)[C@H](Cc1c[nH]cn1)NC(=O)[C@H](Cc1cccc2ccccc12)NC(=O)OCc1ccccc1)[C@@H](O)CC(=O)N1CCN(Cc2ccccc2)CC1. The first-order valence-electron chi connectivity index (χ1n) is 20.4. The van der Waals surface area contributed by atoms with Gasteiger partial charge in [0, 0.05) is 51.8 Å². The summed E-state index contributed by atoms with van der Waals surface area (Å²) in [7, 11) is 0. The highest BCUT2D eigenvalue weighted by molar-refractivity contribution is 5.93. The van der Waals surface area contributed by atoms with Crippen LogP contribution < -0.4 is 16.0 Å². The monoisotopic (exact) mass is 801 g/mol. The Bertz CT molecular complexity index is 2100. The van der Waals surface area contributed by atoms with Gasteiger partial charge in [-0.25, -0.2) is 9.78 Å². The van der Waals surface area contributed by atoms with Crippen LogP contribution in [-0.4, -0.2) is 99.1 Å². The standard InChI is InChI=1S/C46H55N7O6/c1-32(2)24-39(42(54)27-43(55)53-22-20-52(21-23-53)29-33-12-5-3-6-13-33)49-45(57)41(26-37-28-47-31-48-37)50-44(56)40(51-46(58)59-30-34-14-7-4-8-15-34)25-36-18-11-17-35-16-9-10-19-38(35)36/h3-19,28,31-32,39-42,54H,20-27,29-30H2,1-2H3,(H,47,48)(H,49,57)(H,50,56)(H,51,58)/t39-,40-,41-,42-/m0/s1. The van der Waals surface area contributed by atoms with E-state index >= 15 is 0 Å². The van der Waals surface area contributed by atoms with E-state index in [0.29, 0.717) is 25.2 Å². The van der Waals surface area contributed by atoms with Crippen molar-refractivity contribution in [3.8, 4) is 0 Å². The number of ether oxygens (including phenoxy) is 1. The van der Waals surface area contributed by atoms with Crippen molar-refractivity contribution in [2.24, 2.45) is 5.92 Å². The van der Waals surface area contributed by atoms with Crippen LogP contribution in [0.2, 0.25) is 0 Å². The molecule has 0 radical (unpaired) electrons. The Morgan fingerprint density at radius 1 is 0.763 bits per heavy atom. The number of aliphatic hydroxyl groups is 1. The number of nitrogens with one attached hydrogen (secondary N) is 4. The van der Waals surface area contributed by atoms with Crippen molar-refractivity contribution in [1.82, 2.24) is 35.7 Å². The molecule has 1 aromatic heterocycles. The number of rotatable bonds is 18. The lowest BCUT2D eigenvalue weighted by Crippen LogP contribution is -2.57. The van der Waals surface area contributed by atoms with Gasteiger partial charge in [-0.1, -0.05) is 117 Å². The van der Waals surface area contributed by atoms with Gasteiger partial charge in [-0.2, -0.15) is 0 Å². The number of alkyl carbamates (subject to hydrolysis) is 1. The van der Waals surface area contributed by atoms with E-state index in [0.717, 1.165) is 41.5 Å². The van der Waals surface area contributed by atoms with E-state index in [1.165, 1.54) is 11.9 Å². The minimum absolute atomic E-state index is 0.00595. The zero-order valence-electron chi connectivity index (χ0n) is 33.8. The van der Waals surface area contributed by atoms with E-state index in [1.807, 2.05) is 105 Å². The summed E-state index contributed by atoms with van der Waals surface area (Å²) >= 11 is 0. The van der Waals surface area contributed by atoms with Gasteiger partial charge < -0.3 is 35.7 Å². The maximum absolute atomic E-state index is 14.3. The van der Waals surface area contributed by atoms with Crippen LogP contribution >= 0.6 is 0 Å². The number of hydrogen-bond donors (Lipinski definition) is 5. The predicted octanol–water partition coefficient (Wildman–Crippen LogP) is 4.75. The van der Waals surface area contributed by atoms with Crippen molar-refractivity contribution in [3.05, 3.63) is 138 Å². The number of aromatic amines is 1. The molecule has 1 saturated heterocycles. The number of fused-ring (bicyclic) bond motifs is 1. The first-order valence-corrected chi connectivity index (χ1v) is 20.4. The Morgan fingerprint density at radius 2 is 1.41 bits per heavy atom. The number of carbonyl (C=O) groups excluding carboxylic acids is 4. The number of aliphatic hydroxyl groups excluding tert-OH is 1.